The lowest BCUT2D eigenvalue weighted by Crippen LogP contribution is -2.40. The molecule has 0 saturated heterocycles. The largest absolute Gasteiger partial charge is 0.480 e. The smallest absolute Gasteiger partial charge is 0.326 e. The molecule has 1 atom stereocenters. The first-order valence-electron chi connectivity index (χ1n) is 6.76. The van der Waals surface area contributed by atoms with Gasteiger partial charge in [0.15, 0.2) is 0 Å². The normalized spacial score (nSPS) is 11.5. The second kappa shape index (κ2) is 8.04. The Morgan fingerprint density at radius 2 is 1.86 bits per heavy atom. The first kappa shape index (κ1) is 16.7. The summed E-state index contributed by atoms with van der Waals surface area (Å²) in [4.78, 5) is 33.8. The number of rotatable bonds is 7. The van der Waals surface area contributed by atoms with Crippen molar-refractivity contribution >= 4 is 17.8 Å². The molecule has 21 heavy (non-hydrogen) atoms. The summed E-state index contributed by atoms with van der Waals surface area (Å²) in [6, 6.07) is 5.03. The van der Waals surface area contributed by atoms with Gasteiger partial charge in [-0.05, 0) is 30.7 Å². The molecule has 2 N–H and O–H groups in total. The van der Waals surface area contributed by atoms with Gasteiger partial charge in [0.25, 0.3) is 5.91 Å². The number of carboxylic acids is 1. The molecule has 0 bridgehead atoms. The summed E-state index contributed by atoms with van der Waals surface area (Å²) in [5, 5.41) is 11.5. The van der Waals surface area contributed by atoms with Crippen LogP contribution in [0.1, 0.15) is 43.5 Å². The zero-order valence-corrected chi connectivity index (χ0v) is 12.1. The maximum absolute atomic E-state index is 12.0. The number of aliphatic carboxylic acids is 1. The second-order valence-corrected chi connectivity index (χ2v) is 4.62. The molecule has 1 rings (SSSR count). The lowest BCUT2D eigenvalue weighted by Gasteiger charge is -2.14. The van der Waals surface area contributed by atoms with Crippen LogP contribution in [0.15, 0.2) is 24.3 Å². The molecule has 0 fully saturated rings. The quantitative estimate of drug-likeness (QED) is 0.592. The average molecular weight is 293 g/mol. The summed E-state index contributed by atoms with van der Waals surface area (Å²) >= 11 is 0. The number of carboxylic acid groups (broad SMARTS) is 1. The molecule has 1 aromatic rings. The second-order valence-electron chi connectivity index (χ2n) is 4.62. The van der Waals surface area contributed by atoms with E-state index in [1.165, 1.54) is 31.2 Å². The van der Waals surface area contributed by atoms with E-state index in [2.05, 4.69) is 5.32 Å². The van der Waals surface area contributed by atoms with Crippen molar-refractivity contribution in [3.05, 3.63) is 29.8 Å². The molecule has 0 aliphatic carbocycles. The number of unbranched alkanes of at least 4 members (excludes halogenated alkanes) is 1. The van der Waals surface area contributed by atoms with Gasteiger partial charge in [-0.1, -0.05) is 19.8 Å². The van der Waals surface area contributed by atoms with Gasteiger partial charge >= 0.3 is 11.9 Å². The fourth-order valence-corrected chi connectivity index (χ4v) is 1.75. The molecule has 0 radical (unpaired) electrons. The Bertz CT molecular complexity index is 509. The van der Waals surface area contributed by atoms with Crippen molar-refractivity contribution < 1.29 is 24.2 Å². The molecule has 0 aliphatic heterocycles. The van der Waals surface area contributed by atoms with Crippen LogP contribution >= 0.6 is 0 Å². The van der Waals surface area contributed by atoms with Crippen molar-refractivity contribution in [2.24, 2.45) is 0 Å². The number of ether oxygens (including phenoxy) is 1. The minimum absolute atomic E-state index is 0.314. The highest BCUT2D eigenvalue weighted by molar-refractivity contribution is 5.96. The highest BCUT2D eigenvalue weighted by Crippen LogP contribution is 2.13. The van der Waals surface area contributed by atoms with E-state index in [1.54, 1.807) is 0 Å². The van der Waals surface area contributed by atoms with E-state index in [1.807, 2.05) is 6.92 Å². The van der Waals surface area contributed by atoms with Crippen LogP contribution in [0.2, 0.25) is 0 Å². The SMILES string of the molecule is CCCC[C@@H](NC(=O)c1ccc(OC(C)=O)cc1)C(=O)O. The number of esters is 1. The molecule has 1 aromatic carbocycles. The number of amides is 1. The third-order valence-corrected chi connectivity index (χ3v) is 2.83. The Labute approximate surface area is 123 Å². The summed E-state index contributed by atoms with van der Waals surface area (Å²) in [6.07, 6.45) is 1.97. The van der Waals surface area contributed by atoms with E-state index in [0.29, 0.717) is 17.7 Å². The van der Waals surface area contributed by atoms with Crippen LogP contribution in [0.5, 0.6) is 5.75 Å². The van der Waals surface area contributed by atoms with Gasteiger partial charge in [0.2, 0.25) is 0 Å². The lowest BCUT2D eigenvalue weighted by molar-refractivity contribution is -0.139. The van der Waals surface area contributed by atoms with Gasteiger partial charge < -0.3 is 15.2 Å². The maximum atomic E-state index is 12.0. The topological polar surface area (TPSA) is 92.7 Å². The molecule has 6 heteroatoms. The van der Waals surface area contributed by atoms with Crippen molar-refractivity contribution in [3.63, 3.8) is 0 Å². The van der Waals surface area contributed by atoms with Crippen LogP contribution in [0.4, 0.5) is 0 Å². The predicted octanol–water partition coefficient (Wildman–Crippen LogP) is 1.99. The van der Waals surface area contributed by atoms with Gasteiger partial charge in [0.1, 0.15) is 11.8 Å². The molecular formula is C15H19NO5. The monoisotopic (exact) mass is 293 g/mol. The van der Waals surface area contributed by atoms with Gasteiger partial charge in [-0.2, -0.15) is 0 Å². The number of carbonyl (C=O) groups excluding carboxylic acids is 2. The fourth-order valence-electron chi connectivity index (χ4n) is 1.75. The van der Waals surface area contributed by atoms with E-state index in [9.17, 15) is 14.4 Å². The van der Waals surface area contributed by atoms with Gasteiger partial charge in [-0.3, -0.25) is 9.59 Å². The van der Waals surface area contributed by atoms with Crippen LogP contribution < -0.4 is 10.1 Å². The summed E-state index contributed by atoms with van der Waals surface area (Å²) in [5.74, 6) is -1.63. The van der Waals surface area contributed by atoms with Gasteiger partial charge in [0, 0.05) is 12.5 Å². The molecular weight excluding hydrogens is 274 g/mol. The summed E-state index contributed by atoms with van der Waals surface area (Å²) in [7, 11) is 0. The summed E-state index contributed by atoms with van der Waals surface area (Å²) < 4.78 is 4.86. The summed E-state index contributed by atoms with van der Waals surface area (Å²) in [5.41, 5.74) is 0.314. The first-order valence-corrected chi connectivity index (χ1v) is 6.76. The van der Waals surface area contributed by atoms with E-state index >= 15 is 0 Å². The Morgan fingerprint density at radius 3 is 2.33 bits per heavy atom. The highest BCUT2D eigenvalue weighted by atomic mass is 16.5. The molecule has 0 spiro atoms. The molecule has 0 heterocycles. The molecule has 0 aromatic heterocycles. The number of hydrogen-bond donors (Lipinski definition) is 2. The Balaban J connectivity index is 2.69. The van der Waals surface area contributed by atoms with Crippen LogP contribution in [-0.2, 0) is 9.59 Å². The average Bonchev–Trinajstić information content (AvgIpc) is 2.43. The maximum Gasteiger partial charge on any atom is 0.326 e. The highest BCUT2D eigenvalue weighted by Gasteiger charge is 2.19. The van der Waals surface area contributed by atoms with Gasteiger partial charge in [-0.15, -0.1) is 0 Å². The van der Waals surface area contributed by atoms with Crippen LogP contribution in [-0.4, -0.2) is 29.0 Å². The van der Waals surface area contributed by atoms with Crippen LogP contribution in [0.25, 0.3) is 0 Å². The zero-order valence-electron chi connectivity index (χ0n) is 12.1. The van der Waals surface area contributed by atoms with E-state index < -0.39 is 23.9 Å². The molecule has 0 saturated carbocycles. The lowest BCUT2D eigenvalue weighted by atomic mass is 10.1. The Hall–Kier alpha value is -2.37. The molecule has 6 nitrogen and oxygen atoms in total. The van der Waals surface area contributed by atoms with E-state index in [4.69, 9.17) is 9.84 Å². The Kier molecular flexibility index (Phi) is 6.39. The third-order valence-electron chi connectivity index (χ3n) is 2.83. The number of hydrogen-bond acceptors (Lipinski definition) is 4. The third kappa shape index (κ3) is 5.64. The number of carbonyl (C=O) groups is 3. The molecule has 0 unspecified atom stereocenters. The minimum Gasteiger partial charge on any atom is -0.480 e. The van der Waals surface area contributed by atoms with Crippen molar-refractivity contribution in [1.29, 1.82) is 0 Å². The predicted molar refractivity (Wildman–Crippen MR) is 76.2 cm³/mol. The van der Waals surface area contributed by atoms with Crippen molar-refractivity contribution in [1.82, 2.24) is 5.32 Å². The van der Waals surface area contributed by atoms with Gasteiger partial charge in [-0.25, -0.2) is 4.79 Å². The van der Waals surface area contributed by atoms with Crippen molar-refractivity contribution in [2.75, 3.05) is 0 Å². The van der Waals surface area contributed by atoms with E-state index in [0.717, 1.165) is 12.8 Å². The standard InChI is InChI=1S/C15H19NO5/c1-3-4-5-13(15(19)20)16-14(18)11-6-8-12(9-7-11)21-10(2)17/h6-9,13H,3-5H2,1-2H3,(H,16,18)(H,19,20)/t13-/m1/s1. The van der Waals surface area contributed by atoms with Crippen LogP contribution in [0.3, 0.4) is 0 Å². The van der Waals surface area contributed by atoms with Crippen molar-refractivity contribution in [2.45, 2.75) is 39.2 Å². The molecule has 114 valence electrons. The van der Waals surface area contributed by atoms with E-state index in [-0.39, 0.29) is 0 Å². The van der Waals surface area contributed by atoms with Crippen LogP contribution in [0, 0.1) is 0 Å². The fraction of sp³-hybridized carbons (Fsp3) is 0.400. The number of nitrogens with one attached hydrogen (secondary N) is 1. The zero-order chi connectivity index (χ0) is 15.8. The summed E-state index contributed by atoms with van der Waals surface area (Å²) in [6.45, 7) is 3.24. The molecule has 1 amide bonds. The van der Waals surface area contributed by atoms with Gasteiger partial charge in [0.05, 0.1) is 0 Å². The Morgan fingerprint density at radius 1 is 1.24 bits per heavy atom. The minimum atomic E-state index is -1.05. The molecule has 0 aliphatic rings. The van der Waals surface area contributed by atoms with Crippen molar-refractivity contribution in [3.8, 4) is 5.75 Å². The first-order chi connectivity index (χ1) is 9.93. The number of benzene rings is 1.